The number of methoxy groups -OCH3 is 1. The fraction of sp³-hybridized carbons (Fsp3) is 0.408. The van der Waals surface area contributed by atoms with Crippen molar-refractivity contribution in [1.29, 1.82) is 0 Å². The monoisotopic (exact) mass is 1580 g/mol. The van der Waals surface area contributed by atoms with Crippen LogP contribution >= 0.6 is 0 Å². The Labute approximate surface area is 634 Å². The number of halogens is 9. The van der Waals surface area contributed by atoms with Gasteiger partial charge in [0.05, 0.1) is 61.5 Å². The summed E-state index contributed by atoms with van der Waals surface area (Å²) < 4.78 is 133. The summed E-state index contributed by atoms with van der Waals surface area (Å²) in [5.74, 6) is -2.72. The first-order chi connectivity index (χ1) is 53.6. The summed E-state index contributed by atoms with van der Waals surface area (Å²) in [6.45, 7) is 7.42. The highest BCUT2D eigenvalue weighted by Gasteiger charge is 2.33. The van der Waals surface area contributed by atoms with Crippen molar-refractivity contribution in [2.75, 3.05) is 55.9 Å². The van der Waals surface area contributed by atoms with Crippen LogP contribution in [0.15, 0.2) is 128 Å². The van der Waals surface area contributed by atoms with Crippen LogP contribution in [0.5, 0.6) is 17.2 Å². The normalized spacial score (nSPS) is 11.5. The van der Waals surface area contributed by atoms with Crippen LogP contribution in [0, 0.1) is 5.92 Å². The molecule has 7 N–H and O–H groups in total. The summed E-state index contributed by atoms with van der Waals surface area (Å²) in [5, 5.41) is 72.8. The molecule has 0 aliphatic rings. The highest BCUT2D eigenvalue weighted by Crippen LogP contribution is 2.27. The third kappa shape index (κ3) is 33.8. The van der Waals surface area contributed by atoms with Gasteiger partial charge >= 0.3 is 19.1 Å². The highest BCUT2D eigenvalue weighted by atomic mass is 19.4. The van der Waals surface area contributed by atoms with Gasteiger partial charge in [-0.15, -0.1) is 70.1 Å². The van der Waals surface area contributed by atoms with Crippen LogP contribution in [0.25, 0.3) is 0 Å². The second-order valence-electron chi connectivity index (χ2n) is 24.6. The standard InChI is InChI=1S/C25H30F3N7O4.C23H26F3N7O4.C23H26F3N7O3/c1-2-17(16-36)14-29-24(38)21-15-35(34-32-21)11-4-3-7-19-9-10-22(33-31-19)30-23(37)13-18-6-5-8-20(12-18)39-25(26,27)28;1-36-12-10-27-22(35)19-15-33(32-30-19)11-3-2-6-17-8-9-20(31-29-17)28-21(34)14-16-5-4-7-18(13-16)37-23(24,25)26;1-2-11-27-22(35)19-15-33(32-30-19)12-4-3-7-17-9-10-20(31-29-17)28-21(34)14-16-6-5-8-18(13-16)36-23(24,25)26/h5-6,8-10,12,15,17,36H,2-4,7,11,13-14,16H2,1H3,(H,29,38)(H,30,33,37);4-5,7-9,13,15H,2-3,6,10-12,14H2,1H3,(H,27,35)(H,28,31,34);5-6,8-10,13,15H,2-4,7,11-12,14H2,1H3,(H,27,35)(H,28,31,34). The number of alkyl halides is 9. The van der Waals surface area contributed by atoms with E-state index < -0.39 is 54.1 Å². The van der Waals surface area contributed by atoms with E-state index in [2.05, 4.69) is 108 Å². The molecule has 9 aromatic rings. The van der Waals surface area contributed by atoms with E-state index in [0.29, 0.717) is 81.8 Å². The van der Waals surface area contributed by atoms with Crippen molar-refractivity contribution in [3.8, 4) is 17.2 Å². The summed E-state index contributed by atoms with van der Waals surface area (Å²) in [5.41, 5.74) is 4.00. The third-order valence-electron chi connectivity index (χ3n) is 15.5. The molecular weight excluding hydrogens is 1490 g/mol. The molecule has 1 atom stereocenters. The molecule has 0 saturated heterocycles. The zero-order chi connectivity index (χ0) is 80.9. The smallest absolute Gasteiger partial charge is 0.406 e. The Hall–Kier alpha value is -12.2. The van der Waals surface area contributed by atoms with E-state index in [4.69, 9.17) is 4.74 Å². The molecule has 6 amide bonds. The van der Waals surface area contributed by atoms with Crippen molar-refractivity contribution >= 4 is 52.9 Å². The molecule has 0 spiro atoms. The topological polar surface area (TPSA) is 401 Å². The number of ether oxygens (including phenoxy) is 4. The number of aryl methyl sites for hydroxylation is 6. The Bertz CT molecular complexity index is 4410. The van der Waals surface area contributed by atoms with Gasteiger partial charge < -0.3 is 56.0 Å². The Balaban J connectivity index is 0.000000233. The Kier molecular flexibility index (Phi) is 34.6. The predicted molar refractivity (Wildman–Crippen MR) is 381 cm³/mol. The minimum atomic E-state index is -4.81. The average molecular weight is 1580 g/mol. The van der Waals surface area contributed by atoms with Crippen LogP contribution < -0.4 is 46.1 Å². The van der Waals surface area contributed by atoms with Gasteiger partial charge in [-0.2, -0.15) is 15.3 Å². The second kappa shape index (κ2) is 44.5. The number of hydrogen-bond donors (Lipinski definition) is 7. The van der Waals surface area contributed by atoms with Gasteiger partial charge in [-0.25, -0.2) is 0 Å². The summed E-state index contributed by atoms with van der Waals surface area (Å²) in [6.07, 6.45) is -1.91. The Morgan fingerprint density at radius 3 is 1.07 bits per heavy atom. The zero-order valence-corrected chi connectivity index (χ0v) is 60.9. The molecule has 0 radical (unpaired) electrons. The van der Waals surface area contributed by atoms with Crippen LogP contribution in [0.1, 0.15) is 130 Å². The molecular formula is C71H82F9N21O11. The number of anilines is 3. The molecule has 0 bridgehead atoms. The molecule has 0 fully saturated rings. The van der Waals surface area contributed by atoms with Crippen LogP contribution in [0.2, 0.25) is 0 Å². The quantitative estimate of drug-likeness (QED) is 0.0140. The average Bonchev–Trinajstić information content (AvgIpc) is 1.46. The Morgan fingerprint density at radius 2 is 0.777 bits per heavy atom. The molecule has 32 nitrogen and oxygen atoms in total. The predicted octanol–water partition coefficient (Wildman–Crippen LogP) is 8.78. The molecule has 0 aliphatic heterocycles. The number of benzene rings is 3. The number of unbranched alkanes of at least 4 members (excludes halogenated alkanes) is 3. The van der Waals surface area contributed by atoms with Gasteiger partial charge in [0.25, 0.3) is 17.7 Å². The van der Waals surface area contributed by atoms with E-state index in [9.17, 15) is 73.4 Å². The molecule has 6 heterocycles. The first-order valence-electron chi connectivity index (χ1n) is 35.1. The number of amides is 6. The van der Waals surface area contributed by atoms with E-state index in [0.717, 1.165) is 105 Å². The van der Waals surface area contributed by atoms with Crippen LogP contribution in [-0.4, -0.2) is 175 Å². The SMILES string of the molecule is CCC(CO)CNC(=O)c1cn(CCCCc2ccc(NC(=O)Cc3cccc(OC(F)(F)F)c3)nn2)nn1.CCCNC(=O)c1cn(CCCCc2ccc(NC(=O)Cc3cccc(OC(F)(F)F)c3)nn2)nn1.COCCNC(=O)c1cn(CCCCc2ccc(NC(=O)Cc3cccc(OC(F)(F)F)c3)nn2)nn1. The van der Waals surface area contributed by atoms with Gasteiger partial charge in [0, 0.05) is 53.0 Å². The lowest BCUT2D eigenvalue weighted by atomic mass is 10.1. The number of nitrogens with zero attached hydrogens (tertiary/aromatic N) is 15. The van der Waals surface area contributed by atoms with Gasteiger partial charge in [-0.05, 0) is 166 Å². The van der Waals surface area contributed by atoms with E-state index in [-0.39, 0.29) is 84.0 Å². The summed E-state index contributed by atoms with van der Waals surface area (Å²) in [6, 6.07) is 25.7. The molecule has 1 unspecified atom stereocenters. The molecule has 3 aromatic carbocycles. The lowest BCUT2D eigenvalue weighted by Crippen LogP contribution is -2.30. The maximum absolute atomic E-state index is 12.4. The Morgan fingerprint density at radius 1 is 0.438 bits per heavy atom. The number of aromatic nitrogens is 15. The van der Waals surface area contributed by atoms with E-state index >= 15 is 0 Å². The third-order valence-corrected chi connectivity index (χ3v) is 15.5. The van der Waals surface area contributed by atoms with Crippen molar-refractivity contribution in [3.63, 3.8) is 0 Å². The molecule has 41 heteroatoms. The van der Waals surface area contributed by atoms with Gasteiger partial charge in [0.2, 0.25) is 17.7 Å². The van der Waals surface area contributed by atoms with Crippen LogP contribution in [0.4, 0.5) is 57.0 Å². The van der Waals surface area contributed by atoms with Crippen molar-refractivity contribution in [1.82, 2.24) is 91.5 Å². The van der Waals surface area contributed by atoms with Crippen LogP contribution in [0.3, 0.4) is 0 Å². The van der Waals surface area contributed by atoms with Gasteiger partial charge in [-0.1, -0.05) is 65.9 Å². The van der Waals surface area contributed by atoms with E-state index in [1.54, 1.807) is 76.1 Å². The minimum Gasteiger partial charge on any atom is -0.406 e. The maximum Gasteiger partial charge on any atom is 0.573 e. The molecule has 600 valence electrons. The lowest BCUT2D eigenvalue weighted by Gasteiger charge is -2.11. The molecule has 9 rings (SSSR count). The number of carbonyl (C=O) groups is 6. The van der Waals surface area contributed by atoms with Crippen molar-refractivity contribution < 1.29 is 92.3 Å². The number of carbonyl (C=O) groups excluding carboxylic acids is 6. The van der Waals surface area contributed by atoms with Crippen molar-refractivity contribution in [3.05, 3.63) is 179 Å². The van der Waals surface area contributed by atoms with Crippen molar-refractivity contribution in [2.45, 2.75) is 142 Å². The number of hydrogen-bond acceptors (Lipinski definition) is 23. The highest BCUT2D eigenvalue weighted by molar-refractivity contribution is 5.94. The largest absolute Gasteiger partial charge is 0.573 e. The molecule has 0 aliphatic carbocycles. The fourth-order valence-electron chi connectivity index (χ4n) is 9.98. The lowest BCUT2D eigenvalue weighted by molar-refractivity contribution is -0.275. The van der Waals surface area contributed by atoms with Gasteiger partial charge in [0.15, 0.2) is 34.5 Å². The van der Waals surface area contributed by atoms with Crippen LogP contribution in [-0.2, 0) is 77.3 Å². The van der Waals surface area contributed by atoms with E-state index in [1.807, 2.05) is 13.8 Å². The summed E-state index contributed by atoms with van der Waals surface area (Å²) in [4.78, 5) is 72.7. The number of rotatable bonds is 39. The van der Waals surface area contributed by atoms with Gasteiger partial charge in [0.1, 0.15) is 17.2 Å². The number of nitrogens with one attached hydrogen (secondary N) is 6. The fourth-order valence-corrected chi connectivity index (χ4v) is 9.98. The molecule has 6 aromatic heterocycles. The maximum atomic E-state index is 12.4. The first-order valence-corrected chi connectivity index (χ1v) is 35.1. The number of aliphatic hydroxyl groups excluding tert-OH is 1. The second-order valence-corrected chi connectivity index (χ2v) is 24.6. The first kappa shape index (κ1) is 87.1. The van der Waals surface area contributed by atoms with Crippen molar-refractivity contribution in [2.24, 2.45) is 5.92 Å². The van der Waals surface area contributed by atoms with E-state index in [1.165, 1.54) is 36.4 Å². The molecule has 0 saturated carbocycles. The minimum absolute atomic E-state index is 0.00497. The molecule has 112 heavy (non-hydrogen) atoms. The van der Waals surface area contributed by atoms with Gasteiger partial charge in [-0.3, -0.25) is 42.8 Å². The summed E-state index contributed by atoms with van der Waals surface area (Å²) >= 11 is 0. The number of aliphatic hydroxyl groups is 1. The zero-order valence-electron chi connectivity index (χ0n) is 60.9. The summed E-state index contributed by atoms with van der Waals surface area (Å²) in [7, 11) is 1.55.